The van der Waals surface area contributed by atoms with Gasteiger partial charge in [-0.25, -0.2) is 4.79 Å². The Hall–Kier alpha value is -2.57. The molecule has 3 atom stereocenters. The van der Waals surface area contributed by atoms with Crippen LogP contribution in [0.4, 0.5) is 4.79 Å². The van der Waals surface area contributed by atoms with Crippen molar-refractivity contribution >= 4 is 17.9 Å². The van der Waals surface area contributed by atoms with Crippen LogP contribution < -0.4 is 16.4 Å². The predicted molar refractivity (Wildman–Crippen MR) is 89.8 cm³/mol. The molecule has 7 nitrogen and oxygen atoms in total. The average Bonchev–Trinajstić information content (AvgIpc) is 2.57. The van der Waals surface area contributed by atoms with Crippen LogP contribution in [0.3, 0.4) is 0 Å². The summed E-state index contributed by atoms with van der Waals surface area (Å²) in [6, 6.07) is 7.61. The van der Waals surface area contributed by atoms with Crippen LogP contribution in [0, 0.1) is 5.92 Å². The highest BCUT2D eigenvalue weighted by Gasteiger charge is 2.28. The van der Waals surface area contributed by atoms with E-state index in [1.54, 1.807) is 0 Å². The van der Waals surface area contributed by atoms with Gasteiger partial charge in [0, 0.05) is 0 Å². The van der Waals surface area contributed by atoms with E-state index in [2.05, 4.69) is 10.6 Å². The van der Waals surface area contributed by atoms with E-state index in [1.165, 1.54) is 6.92 Å². The van der Waals surface area contributed by atoms with E-state index in [4.69, 9.17) is 10.5 Å². The minimum atomic E-state index is -0.814. The van der Waals surface area contributed by atoms with Crippen molar-refractivity contribution in [2.75, 3.05) is 0 Å². The number of hydrogen-bond donors (Lipinski definition) is 3. The Bertz CT molecular complexity index is 562. The Morgan fingerprint density at radius 3 is 2.29 bits per heavy atom. The molecule has 24 heavy (non-hydrogen) atoms. The molecule has 1 rings (SSSR count). The quantitative estimate of drug-likeness (QED) is 0.665. The summed E-state index contributed by atoms with van der Waals surface area (Å²) in [5.41, 5.74) is 5.99. The molecule has 132 valence electrons. The van der Waals surface area contributed by atoms with Crippen molar-refractivity contribution in [3.05, 3.63) is 35.9 Å². The van der Waals surface area contributed by atoms with Gasteiger partial charge in [-0.3, -0.25) is 9.59 Å². The minimum absolute atomic E-state index is 0.110. The van der Waals surface area contributed by atoms with Crippen molar-refractivity contribution < 1.29 is 19.1 Å². The van der Waals surface area contributed by atoms with E-state index in [9.17, 15) is 14.4 Å². The predicted octanol–water partition coefficient (Wildman–Crippen LogP) is 1.32. The van der Waals surface area contributed by atoms with Crippen LogP contribution in [0.5, 0.6) is 0 Å². The number of benzene rings is 1. The molecule has 0 aliphatic carbocycles. The van der Waals surface area contributed by atoms with E-state index in [-0.39, 0.29) is 12.5 Å². The van der Waals surface area contributed by atoms with Gasteiger partial charge in [0.15, 0.2) is 0 Å². The number of rotatable bonds is 8. The lowest BCUT2D eigenvalue weighted by molar-refractivity contribution is -0.129. The lowest BCUT2D eigenvalue weighted by Crippen LogP contribution is -2.54. The highest BCUT2D eigenvalue weighted by molar-refractivity contribution is 5.90. The summed E-state index contributed by atoms with van der Waals surface area (Å²) in [5, 5.41) is 5.05. The molecule has 0 saturated heterocycles. The number of ether oxygens (including phenoxy) is 1. The normalized spacial score (nSPS) is 14.1. The molecule has 4 N–H and O–H groups in total. The summed E-state index contributed by atoms with van der Waals surface area (Å²) in [7, 11) is 0. The van der Waals surface area contributed by atoms with Gasteiger partial charge in [0.05, 0.1) is 0 Å². The summed E-state index contributed by atoms with van der Waals surface area (Å²) in [6.45, 7) is 5.33. The van der Waals surface area contributed by atoms with Crippen molar-refractivity contribution in [2.24, 2.45) is 11.7 Å². The zero-order chi connectivity index (χ0) is 18.1. The Morgan fingerprint density at radius 1 is 1.12 bits per heavy atom. The standard InChI is InChI=1S/C17H25N3O4/c1-4-11(2)14(16(22)19-12(3)15(18)21)20-17(23)24-10-13-8-6-5-7-9-13/h5-9,11-12,14H,4,10H2,1-3H3,(H2,18,21)(H,19,22)(H,20,23)/t11-,12+,14+/m1/s1. The van der Waals surface area contributed by atoms with E-state index >= 15 is 0 Å². The number of carbonyl (C=O) groups is 3. The molecule has 0 saturated carbocycles. The molecule has 1 aromatic carbocycles. The highest BCUT2D eigenvalue weighted by Crippen LogP contribution is 2.09. The Labute approximate surface area is 141 Å². The van der Waals surface area contributed by atoms with Gasteiger partial charge >= 0.3 is 6.09 Å². The van der Waals surface area contributed by atoms with Gasteiger partial charge in [0.1, 0.15) is 18.7 Å². The smallest absolute Gasteiger partial charge is 0.408 e. The average molecular weight is 335 g/mol. The first-order chi connectivity index (χ1) is 11.3. The number of alkyl carbamates (subject to hydrolysis) is 1. The van der Waals surface area contributed by atoms with Crippen LogP contribution in [-0.4, -0.2) is 30.0 Å². The summed E-state index contributed by atoms with van der Waals surface area (Å²) in [6.07, 6.45) is -0.0202. The second-order valence-electron chi connectivity index (χ2n) is 5.70. The number of nitrogens with two attached hydrogens (primary N) is 1. The van der Waals surface area contributed by atoms with Gasteiger partial charge in [-0.05, 0) is 18.4 Å². The molecular weight excluding hydrogens is 310 g/mol. The second kappa shape index (κ2) is 9.54. The fourth-order valence-electron chi connectivity index (χ4n) is 1.97. The van der Waals surface area contributed by atoms with Crippen molar-refractivity contribution in [3.8, 4) is 0 Å². The Kier molecular flexibility index (Phi) is 7.74. The largest absolute Gasteiger partial charge is 0.445 e. The van der Waals surface area contributed by atoms with Gasteiger partial charge < -0.3 is 21.1 Å². The molecule has 1 aromatic rings. The molecule has 0 spiro atoms. The number of amides is 3. The molecular formula is C17H25N3O4. The zero-order valence-electron chi connectivity index (χ0n) is 14.2. The maximum absolute atomic E-state index is 12.3. The second-order valence-corrected chi connectivity index (χ2v) is 5.70. The van der Waals surface area contributed by atoms with Crippen LogP contribution >= 0.6 is 0 Å². The van der Waals surface area contributed by atoms with Crippen molar-refractivity contribution in [2.45, 2.75) is 45.9 Å². The number of nitrogens with one attached hydrogen (secondary N) is 2. The van der Waals surface area contributed by atoms with Crippen molar-refractivity contribution in [3.63, 3.8) is 0 Å². The SMILES string of the molecule is CC[C@@H](C)[C@H](NC(=O)OCc1ccccc1)C(=O)N[C@@H](C)C(N)=O. The lowest BCUT2D eigenvalue weighted by Gasteiger charge is -2.24. The van der Waals surface area contributed by atoms with Crippen LogP contribution in [0.25, 0.3) is 0 Å². The highest BCUT2D eigenvalue weighted by atomic mass is 16.5. The Morgan fingerprint density at radius 2 is 1.75 bits per heavy atom. The van der Waals surface area contributed by atoms with E-state index < -0.39 is 30.0 Å². The van der Waals surface area contributed by atoms with Crippen LogP contribution in [-0.2, 0) is 20.9 Å². The van der Waals surface area contributed by atoms with Gasteiger partial charge in [0.2, 0.25) is 11.8 Å². The molecule has 0 unspecified atom stereocenters. The molecule has 0 bridgehead atoms. The van der Waals surface area contributed by atoms with Gasteiger partial charge in [-0.15, -0.1) is 0 Å². The zero-order valence-corrected chi connectivity index (χ0v) is 14.2. The van der Waals surface area contributed by atoms with E-state index in [0.717, 1.165) is 5.56 Å². The fraction of sp³-hybridized carbons (Fsp3) is 0.471. The molecule has 0 heterocycles. The number of carbonyl (C=O) groups excluding carboxylic acids is 3. The molecule has 7 heteroatoms. The molecule has 0 radical (unpaired) electrons. The van der Waals surface area contributed by atoms with Crippen LogP contribution in [0.15, 0.2) is 30.3 Å². The number of hydrogen-bond acceptors (Lipinski definition) is 4. The number of primary amides is 1. The summed E-state index contributed by atoms with van der Waals surface area (Å²) in [4.78, 5) is 35.3. The van der Waals surface area contributed by atoms with Gasteiger partial charge in [0.25, 0.3) is 0 Å². The molecule has 0 fully saturated rings. The third-order valence-electron chi connectivity index (χ3n) is 3.77. The third kappa shape index (κ3) is 6.28. The minimum Gasteiger partial charge on any atom is -0.445 e. The lowest BCUT2D eigenvalue weighted by atomic mass is 9.98. The van der Waals surface area contributed by atoms with Crippen LogP contribution in [0.1, 0.15) is 32.8 Å². The molecule has 0 aliphatic heterocycles. The van der Waals surface area contributed by atoms with Crippen molar-refractivity contribution in [1.29, 1.82) is 0 Å². The summed E-state index contributed by atoms with van der Waals surface area (Å²) >= 11 is 0. The first-order valence-corrected chi connectivity index (χ1v) is 7.92. The fourth-order valence-corrected chi connectivity index (χ4v) is 1.97. The monoisotopic (exact) mass is 335 g/mol. The first-order valence-electron chi connectivity index (χ1n) is 7.92. The maximum atomic E-state index is 12.3. The van der Waals surface area contributed by atoms with Gasteiger partial charge in [-0.2, -0.15) is 0 Å². The van der Waals surface area contributed by atoms with Gasteiger partial charge in [-0.1, -0.05) is 50.6 Å². The summed E-state index contributed by atoms with van der Waals surface area (Å²) in [5.74, 6) is -1.24. The molecule has 0 aromatic heterocycles. The first kappa shape index (κ1) is 19.5. The van der Waals surface area contributed by atoms with Crippen molar-refractivity contribution in [1.82, 2.24) is 10.6 Å². The summed E-state index contributed by atoms with van der Waals surface area (Å²) < 4.78 is 5.13. The van der Waals surface area contributed by atoms with Crippen LogP contribution in [0.2, 0.25) is 0 Å². The molecule has 3 amide bonds. The third-order valence-corrected chi connectivity index (χ3v) is 3.77. The van der Waals surface area contributed by atoms with E-state index in [0.29, 0.717) is 6.42 Å². The maximum Gasteiger partial charge on any atom is 0.408 e. The molecule has 0 aliphatic rings. The Balaban J connectivity index is 2.63. The topological polar surface area (TPSA) is 111 Å². The van der Waals surface area contributed by atoms with E-state index in [1.807, 2.05) is 44.2 Å².